The molecule has 1 aromatic rings. The summed E-state index contributed by atoms with van der Waals surface area (Å²) in [5.41, 5.74) is -1.85. The van der Waals surface area contributed by atoms with E-state index in [-0.39, 0.29) is 12.2 Å². The highest BCUT2D eigenvalue weighted by atomic mass is 19.4. The Hall–Kier alpha value is -2.63. The maximum Gasteiger partial charge on any atom is 0.419 e. The zero-order valence-corrected chi connectivity index (χ0v) is 13.2. The monoisotopic (exact) mass is 363 g/mol. The van der Waals surface area contributed by atoms with Crippen molar-refractivity contribution in [2.75, 3.05) is 6.61 Å². The van der Waals surface area contributed by atoms with E-state index in [0.717, 1.165) is 13.0 Å². The molecule has 0 aromatic heterocycles. The quantitative estimate of drug-likeness (QED) is 0.508. The number of hydrogen-bond donors (Lipinski definition) is 1. The normalized spacial score (nSPS) is 13.2. The fourth-order valence-electron chi connectivity index (χ4n) is 1.76. The van der Waals surface area contributed by atoms with Crippen LogP contribution < -0.4 is 5.32 Å². The Morgan fingerprint density at radius 3 is 2.48 bits per heavy atom. The first kappa shape index (κ1) is 20.4. The van der Waals surface area contributed by atoms with Crippen LogP contribution in [0.2, 0.25) is 0 Å². The Balaban J connectivity index is 3.08. The number of benzene rings is 1. The fraction of sp³-hybridized carbons (Fsp3) is 0.375. The standard InChI is InChI=1S/C16H14F5NO3/c1-3-25-15(24)14(22-9(2)23)13(18)7-5-10-4-6-12(17)11(8-10)16(19,20)21/h4,6,8,13-14H,3H2,1-2H3,(H,22,23)/t13-,14-/m1/s1. The molecule has 9 heteroatoms. The van der Waals surface area contributed by atoms with Crippen LogP contribution in [-0.2, 0) is 20.5 Å². The Morgan fingerprint density at radius 1 is 1.32 bits per heavy atom. The first-order chi connectivity index (χ1) is 11.6. The molecule has 1 amide bonds. The molecule has 0 heterocycles. The van der Waals surface area contributed by atoms with Gasteiger partial charge in [-0.3, -0.25) is 4.79 Å². The van der Waals surface area contributed by atoms with Gasteiger partial charge < -0.3 is 10.1 Å². The van der Waals surface area contributed by atoms with E-state index < -0.39 is 41.6 Å². The van der Waals surface area contributed by atoms with Crippen LogP contribution in [0.15, 0.2) is 18.2 Å². The van der Waals surface area contributed by atoms with E-state index in [1.165, 1.54) is 6.92 Å². The van der Waals surface area contributed by atoms with Gasteiger partial charge in [-0.2, -0.15) is 13.2 Å². The molecule has 1 N–H and O–H groups in total. The topological polar surface area (TPSA) is 55.4 Å². The number of halogens is 5. The first-order valence-corrected chi connectivity index (χ1v) is 7.02. The van der Waals surface area contributed by atoms with Crippen molar-refractivity contribution in [1.29, 1.82) is 0 Å². The zero-order chi connectivity index (χ0) is 19.2. The van der Waals surface area contributed by atoms with Gasteiger partial charge in [-0.25, -0.2) is 13.6 Å². The summed E-state index contributed by atoms with van der Waals surface area (Å²) in [5.74, 6) is 0.722. The Bertz CT molecular complexity index is 706. The molecule has 0 radical (unpaired) electrons. The van der Waals surface area contributed by atoms with Gasteiger partial charge in [0.2, 0.25) is 5.91 Å². The van der Waals surface area contributed by atoms with E-state index in [1.54, 1.807) is 0 Å². The van der Waals surface area contributed by atoms with Gasteiger partial charge in [0.1, 0.15) is 5.82 Å². The Morgan fingerprint density at radius 2 is 1.96 bits per heavy atom. The van der Waals surface area contributed by atoms with Gasteiger partial charge >= 0.3 is 12.1 Å². The lowest BCUT2D eigenvalue weighted by molar-refractivity contribution is -0.148. The molecule has 0 fully saturated rings. The van der Waals surface area contributed by atoms with Gasteiger partial charge in [0, 0.05) is 12.5 Å². The van der Waals surface area contributed by atoms with E-state index in [2.05, 4.69) is 10.7 Å². The maximum absolute atomic E-state index is 14.1. The second-order valence-electron chi connectivity index (χ2n) is 4.79. The molecule has 4 nitrogen and oxygen atoms in total. The number of carbonyl (C=O) groups excluding carboxylic acids is 2. The lowest BCUT2D eigenvalue weighted by atomic mass is 10.1. The summed E-state index contributed by atoms with van der Waals surface area (Å²) in [7, 11) is 0. The first-order valence-electron chi connectivity index (χ1n) is 7.02. The van der Waals surface area contributed by atoms with Crippen molar-refractivity contribution in [2.45, 2.75) is 32.2 Å². The number of ether oxygens (including phenoxy) is 1. The Kier molecular flexibility index (Phi) is 6.91. The molecule has 0 spiro atoms. The molecule has 0 saturated heterocycles. The van der Waals surface area contributed by atoms with Crippen LogP contribution in [0.4, 0.5) is 22.0 Å². The molecular weight excluding hydrogens is 349 g/mol. The summed E-state index contributed by atoms with van der Waals surface area (Å²) < 4.78 is 69.7. The van der Waals surface area contributed by atoms with Gasteiger partial charge in [-0.05, 0) is 25.1 Å². The summed E-state index contributed by atoms with van der Waals surface area (Å²) in [5, 5.41) is 2.01. The molecule has 0 aliphatic carbocycles. The van der Waals surface area contributed by atoms with Crippen LogP contribution in [0.1, 0.15) is 25.0 Å². The molecule has 0 aliphatic rings. The lowest BCUT2D eigenvalue weighted by Crippen LogP contribution is -2.46. The zero-order valence-electron chi connectivity index (χ0n) is 13.2. The van der Waals surface area contributed by atoms with Crippen LogP contribution in [0.25, 0.3) is 0 Å². The van der Waals surface area contributed by atoms with Gasteiger partial charge in [0.15, 0.2) is 12.2 Å². The number of rotatable bonds is 4. The average Bonchev–Trinajstić information content (AvgIpc) is 2.50. The second-order valence-corrected chi connectivity index (χ2v) is 4.79. The molecule has 25 heavy (non-hydrogen) atoms. The van der Waals surface area contributed by atoms with Crippen molar-refractivity contribution in [3.8, 4) is 11.8 Å². The third kappa shape index (κ3) is 6.06. The second kappa shape index (κ2) is 8.46. The van der Waals surface area contributed by atoms with Crippen LogP contribution in [0, 0.1) is 17.7 Å². The van der Waals surface area contributed by atoms with Gasteiger partial charge in [-0.1, -0.05) is 11.8 Å². The molecule has 2 atom stereocenters. The minimum Gasteiger partial charge on any atom is -0.464 e. The van der Waals surface area contributed by atoms with Crippen molar-refractivity contribution < 1.29 is 36.3 Å². The van der Waals surface area contributed by atoms with Crippen LogP contribution >= 0.6 is 0 Å². The number of esters is 1. The van der Waals surface area contributed by atoms with Gasteiger partial charge in [0.05, 0.1) is 12.2 Å². The molecule has 0 bridgehead atoms. The van der Waals surface area contributed by atoms with Crippen molar-refractivity contribution in [3.05, 3.63) is 35.1 Å². The third-order valence-corrected chi connectivity index (χ3v) is 2.82. The van der Waals surface area contributed by atoms with Crippen molar-refractivity contribution in [1.82, 2.24) is 5.32 Å². The van der Waals surface area contributed by atoms with E-state index >= 15 is 0 Å². The minimum absolute atomic E-state index is 0.0675. The van der Waals surface area contributed by atoms with Crippen molar-refractivity contribution >= 4 is 11.9 Å². The number of hydrogen-bond acceptors (Lipinski definition) is 3. The molecule has 1 rings (SSSR count). The third-order valence-electron chi connectivity index (χ3n) is 2.82. The summed E-state index contributed by atoms with van der Waals surface area (Å²) in [6.45, 7) is 2.45. The van der Waals surface area contributed by atoms with Crippen molar-refractivity contribution in [3.63, 3.8) is 0 Å². The van der Waals surface area contributed by atoms with Gasteiger partial charge in [-0.15, -0.1) is 0 Å². The number of nitrogens with one attached hydrogen (secondary N) is 1. The molecule has 136 valence electrons. The summed E-state index contributed by atoms with van der Waals surface area (Å²) in [6, 6.07) is 0.179. The highest BCUT2D eigenvalue weighted by Crippen LogP contribution is 2.31. The molecule has 1 aromatic carbocycles. The lowest BCUT2D eigenvalue weighted by Gasteiger charge is -2.16. The number of alkyl halides is 4. The van der Waals surface area contributed by atoms with E-state index in [4.69, 9.17) is 0 Å². The molecule has 0 unspecified atom stereocenters. The maximum atomic E-state index is 14.1. The summed E-state index contributed by atoms with van der Waals surface area (Å²) in [4.78, 5) is 22.7. The molecule has 0 aliphatic heterocycles. The predicted octanol–water partition coefficient (Wildman–Crippen LogP) is 2.60. The number of amides is 1. The van der Waals surface area contributed by atoms with Crippen LogP contribution in [0.3, 0.4) is 0 Å². The van der Waals surface area contributed by atoms with Gasteiger partial charge in [0.25, 0.3) is 0 Å². The van der Waals surface area contributed by atoms with E-state index in [9.17, 15) is 31.5 Å². The highest BCUT2D eigenvalue weighted by molar-refractivity contribution is 5.84. The highest BCUT2D eigenvalue weighted by Gasteiger charge is 2.34. The Labute approximate surface area is 140 Å². The van der Waals surface area contributed by atoms with Crippen LogP contribution in [0.5, 0.6) is 0 Å². The summed E-state index contributed by atoms with van der Waals surface area (Å²) in [6.07, 6.45) is -7.16. The molecular formula is C16H14F5NO3. The SMILES string of the molecule is CCOC(=O)[C@H](NC(C)=O)[C@H](F)C#Cc1ccc(F)c(C(F)(F)F)c1. The molecule has 0 saturated carbocycles. The van der Waals surface area contributed by atoms with E-state index in [0.29, 0.717) is 12.1 Å². The van der Waals surface area contributed by atoms with Crippen LogP contribution in [-0.4, -0.2) is 30.7 Å². The van der Waals surface area contributed by atoms with E-state index in [1.807, 2.05) is 11.2 Å². The smallest absolute Gasteiger partial charge is 0.419 e. The fourth-order valence-corrected chi connectivity index (χ4v) is 1.76. The average molecular weight is 363 g/mol. The predicted molar refractivity (Wildman–Crippen MR) is 77.4 cm³/mol. The largest absolute Gasteiger partial charge is 0.464 e. The minimum atomic E-state index is -4.93. The number of carbonyl (C=O) groups is 2. The van der Waals surface area contributed by atoms with Crippen molar-refractivity contribution in [2.24, 2.45) is 0 Å². The summed E-state index contributed by atoms with van der Waals surface area (Å²) >= 11 is 0.